The molecule has 0 bridgehead atoms. The molecular formula is C14H16FN3O2. The average Bonchev–Trinajstić information content (AvgIpc) is 2.83. The molecule has 1 aromatic carbocycles. The smallest absolute Gasteiger partial charge is 0.222 e. The van der Waals surface area contributed by atoms with Gasteiger partial charge in [0.05, 0.1) is 0 Å². The number of amides is 1. The van der Waals surface area contributed by atoms with E-state index in [0.29, 0.717) is 23.7 Å². The average molecular weight is 277 g/mol. The van der Waals surface area contributed by atoms with Gasteiger partial charge < -0.3 is 15.2 Å². The molecule has 0 aliphatic heterocycles. The fourth-order valence-corrected chi connectivity index (χ4v) is 1.68. The van der Waals surface area contributed by atoms with Gasteiger partial charge in [0.25, 0.3) is 0 Å². The molecule has 1 aromatic heterocycles. The normalized spacial score (nSPS) is 10.3. The van der Waals surface area contributed by atoms with Crippen molar-refractivity contribution >= 4 is 11.7 Å². The lowest BCUT2D eigenvalue weighted by Crippen LogP contribution is -2.25. The van der Waals surface area contributed by atoms with E-state index in [1.54, 1.807) is 31.2 Å². The van der Waals surface area contributed by atoms with E-state index in [0.717, 1.165) is 0 Å². The molecule has 0 unspecified atom stereocenters. The van der Waals surface area contributed by atoms with Gasteiger partial charge in [0.15, 0.2) is 5.82 Å². The summed E-state index contributed by atoms with van der Waals surface area (Å²) in [4.78, 5) is 11.6. The highest BCUT2D eigenvalue weighted by atomic mass is 19.1. The summed E-state index contributed by atoms with van der Waals surface area (Å²) in [6, 6.07) is 8.11. The number of halogens is 1. The summed E-state index contributed by atoms with van der Waals surface area (Å²) in [7, 11) is 0. The molecule has 0 atom stereocenters. The Morgan fingerprint density at radius 1 is 1.40 bits per heavy atom. The van der Waals surface area contributed by atoms with Crippen LogP contribution < -0.4 is 10.6 Å². The van der Waals surface area contributed by atoms with Gasteiger partial charge in [-0.1, -0.05) is 23.4 Å². The minimum absolute atomic E-state index is 0.152. The Bertz CT molecular complexity index is 583. The second-order valence-electron chi connectivity index (χ2n) is 4.37. The quantitative estimate of drug-likeness (QED) is 0.849. The van der Waals surface area contributed by atoms with Crippen LogP contribution in [0.5, 0.6) is 0 Å². The summed E-state index contributed by atoms with van der Waals surface area (Å²) in [5.41, 5.74) is 0.473. The van der Waals surface area contributed by atoms with E-state index in [9.17, 15) is 9.18 Å². The Morgan fingerprint density at radius 2 is 2.20 bits per heavy atom. The van der Waals surface area contributed by atoms with Gasteiger partial charge in [0, 0.05) is 31.1 Å². The van der Waals surface area contributed by atoms with E-state index in [1.807, 2.05) is 0 Å². The molecule has 0 spiro atoms. The van der Waals surface area contributed by atoms with Crippen molar-refractivity contribution in [1.82, 2.24) is 10.5 Å². The van der Waals surface area contributed by atoms with E-state index in [2.05, 4.69) is 15.8 Å². The van der Waals surface area contributed by atoms with E-state index in [-0.39, 0.29) is 24.7 Å². The van der Waals surface area contributed by atoms with Crippen LogP contribution in [0.2, 0.25) is 0 Å². The van der Waals surface area contributed by atoms with Gasteiger partial charge in [-0.05, 0) is 13.0 Å². The van der Waals surface area contributed by atoms with Gasteiger partial charge in [-0.15, -0.1) is 0 Å². The van der Waals surface area contributed by atoms with E-state index >= 15 is 0 Å². The molecule has 2 N–H and O–H groups in total. The number of hydrogen-bond acceptors (Lipinski definition) is 4. The number of aromatic nitrogens is 1. The largest absolute Gasteiger partial charge is 0.367 e. The zero-order valence-corrected chi connectivity index (χ0v) is 11.1. The second kappa shape index (κ2) is 6.70. The molecule has 6 heteroatoms. The Labute approximate surface area is 116 Å². The number of nitrogens with one attached hydrogen (secondary N) is 2. The van der Waals surface area contributed by atoms with Gasteiger partial charge in [-0.25, -0.2) is 4.39 Å². The second-order valence-corrected chi connectivity index (χ2v) is 4.37. The van der Waals surface area contributed by atoms with Crippen LogP contribution in [-0.2, 0) is 11.3 Å². The SMILES string of the molecule is Cc1cc(NCCC(=O)NCc2ccccc2F)no1. The number of anilines is 1. The van der Waals surface area contributed by atoms with Crippen molar-refractivity contribution in [2.24, 2.45) is 0 Å². The number of carbonyl (C=O) groups is 1. The molecule has 2 aromatic rings. The molecule has 1 amide bonds. The van der Waals surface area contributed by atoms with Gasteiger partial charge >= 0.3 is 0 Å². The summed E-state index contributed by atoms with van der Waals surface area (Å²) >= 11 is 0. The van der Waals surface area contributed by atoms with Crippen LogP contribution in [0.15, 0.2) is 34.9 Å². The lowest BCUT2D eigenvalue weighted by Gasteiger charge is -2.06. The third-order valence-corrected chi connectivity index (χ3v) is 2.72. The van der Waals surface area contributed by atoms with Crippen molar-refractivity contribution in [2.75, 3.05) is 11.9 Å². The van der Waals surface area contributed by atoms with Crippen molar-refractivity contribution in [3.05, 3.63) is 47.5 Å². The van der Waals surface area contributed by atoms with Crippen molar-refractivity contribution < 1.29 is 13.7 Å². The molecule has 1 heterocycles. The minimum Gasteiger partial charge on any atom is -0.367 e. The molecule has 0 radical (unpaired) electrons. The number of aryl methyl sites for hydroxylation is 1. The molecule has 0 fully saturated rings. The summed E-state index contributed by atoms with van der Waals surface area (Å²) < 4.78 is 18.2. The number of benzene rings is 1. The maximum atomic E-state index is 13.3. The molecule has 2 rings (SSSR count). The molecule has 0 saturated heterocycles. The summed E-state index contributed by atoms with van der Waals surface area (Å²) in [5, 5.41) is 9.39. The first kappa shape index (κ1) is 14.0. The third-order valence-electron chi connectivity index (χ3n) is 2.72. The van der Waals surface area contributed by atoms with Crippen molar-refractivity contribution in [3.63, 3.8) is 0 Å². The zero-order chi connectivity index (χ0) is 14.4. The zero-order valence-electron chi connectivity index (χ0n) is 11.1. The fraction of sp³-hybridized carbons (Fsp3) is 0.286. The van der Waals surface area contributed by atoms with Crippen molar-refractivity contribution in [2.45, 2.75) is 19.9 Å². The first-order chi connectivity index (χ1) is 9.65. The monoisotopic (exact) mass is 277 g/mol. The highest BCUT2D eigenvalue weighted by Crippen LogP contribution is 2.07. The van der Waals surface area contributed by atoms with Crippen LogP contribution in [0.3, 0.4) is 0 Å². The lowest BCUT2D eigenvalue weighted by atomic mass is 10.2. The summed E-state index contributed by atoms with van der Waals surface area (Å²) in [6.07, 6.45) is 0.278. The summed E-state index contributed by atoms with van der Waals surface area (Å²) in [6.45, 7) is 2.42. The van der Waals surface area contributed by atoms with Crippen LogP contribution >= 0.6 is 0 Å². The minimum atomic E-state index is -0.316. The predicted octanol–water partition coefficient (Wildman–Crippen LogP) is 2.24. The van der Waals surface area contributed by atoms with Crippen LogP contribution in [0, 0.1) is 12.7 Å². The predicted molar refractivity (Wildman–Crippen MR) is 72.6 cm³/mol. The Balaban J connectivity index is 1.69. The highest BCUT2D eigenvalue weighted by Gasteiger charge is 2.05. The Hall–Kier alpha value is -2.37. The third kappa shape index (κ3) is 4.08. The molecule has 0 aliphatic rings. The molecule has 106 valence electrons. The summed E-state index contributed by atoms with van der Waals surface area (Å²) in [5.74, 6) is 0.839. The van der Waals surface area contributed by atoms with E-state index in [4.69, 9.17) is 4.52 Å². The Kier molecular flexibility index (Phi) is 4.70. The number of nitrogens with zero attached hydrogens (tertiary/aromatic N) is 1. The lowest BCUT2D eigenvalue weighted by molar-refractivity contribution is -0.121. The highest BCUT2D eigenvalue weighted by molar-refractivity contribution is 5.76. The first-order valence-electron chi connectivity index (χ1n) is 6.32. The first-order valence-corrected chi connectivity index (χ1v) is 6.32. The topological polar surface area (TPSA) is 67.2 Å². The van der Waals surface area contributed by atoms with Crippen LogP contribution in [0.25, 0.3) is 0 Å². The van der Waals surface area contributed by atoms with Crippen LogP contribution in [0.4, 0.5) is 10.2 Å². The number of rotatable bonds is 6. The molecule has 20 heavy (non-hydrogen) atoms. The maximum absolute atomic E-state index is 13.3. The van der Waals surface area contributed by atoms with Crippen LogP contribution in [0.1, 0.15) is 17.7 Å². The standard InChI is InChI=1S/C14H16FN3O2/c1-10-8-13(18-20-10)16-7-6-14(19)17-9-11-4-2-3-5-12(11)15/h2-5,8H,6-7,9H2,1H3,(H,16,18)(H,17,19). The van der Waals surface area contributed by atoms with E-state index < -0.39 is 0 Å². The fourth-order valence-electron chi connectivity index (χ4n) is 1.68. The maximum Gasteiger partial charge on any atom is 0.222 e. The van der Waals surface area contributed by atoms with Crippen molar-refractivity contribution in [1.29, 1.82) is 0 Å². The number of hydrogen-bond donors (Lipinski definition) is 2. The molecule has 5 nitrogen and oxygen atoms in total. The molecule has 0 saturated carbocycles. The van der Waals surface area contributed by atoms with Gasteiger partial charge in [0.2, 0.25) is 5.91 Å². The number of carbonyl (C=O) groups excluding carboxylic acids is 1. The molecular weight excluding hydrogens is 261 g/mol. The van der Waals surface area contributed by atoms with Crippen molar-refractivity contribution in [3.8, 4) is 0 Å². The molecule has 0 aliphatic carbocycles. The van der Waals surface area contributed by atoms with E-state index in [1.165, 1.54) is 6.07 Å². The Morgan fingerprint density at radius 3 is 2.90 bits per heavy atom. The van der Waals surface area contributed by atoms with Gasteiger partial charge in [-0.2, -0.15) is 0 Å². The van der Waals surface area contributed by atoms with Gasteiger partial charge in [0.1, 0.15) is 11.6 Å². The van der Waals surface area contributed by atoms with Gasteiger partial charge in [-0.3, -0.25) is 4.79 Å². The van der Waals surface area contributed by atoms with Crippen LogP contribution in [-0.4, -0.2) is 17.6 Å².